The fourth-order valence-corrected chi connectivity index (χ4v) is 3.48. The van der Waals surface area contributed by atoms with Crippen LogP contribution < -0.4 is 31.9 Å². The molecule has 2 saturated heterocycles. The van der Waals surface area contributed by atoms with Crippen LogP contribution in [0.15, 0.2) is 0 Å². The average Bonchev–Trinajstić information content (AvgIpc) is 2.57. The van der Waals surface area contributed by atoms with Crippen LogP contribution in [0.5, 0.6) is 0 Å². The summed E-state index contributed by atoms with van der Waals surface area (Å²) >= 11 is 0. The van der Waals surface area contributed by atoms with Crippen LogP contribution in [-0.2, 0) is 0 Å². The second-order valence-electron chi connectivity index (χ2n) is 8.51. The molecule has 2 rings (SSSR count). The van der Waals surface area contributed by atoms with E-state index in [2.05, 4.69) is 57.6 Å². The second-order valence-corrected chi connectivity index (χ2v) is 8.51. The molecule has 2 fully saturated rings. The van der Waals surface area contributed by atoms with Crippen LogP contribution in [0.25, 0.3) is 0 Å². The van der Waals surface area contributed by atoms with E-state index in [1.807, 2.05) is 0 Å². The lowest BCUT2D eigenvalue weighted by Gasteiger charge is -2.32. The predicted molar refractivity (Wildman–Crippen MR) is 105 cm³/mol. The normalized spacial score (nSPS) is 38.3. The number of fused-ring (bicyclic) bond motifs is 7. The number of nitrogens with one attached hydrogen (secondary N) is 6. The van der Waals surface area contributed by atoms with E-state index in [4.69, 9.17) is 0 Å². The Morgan fingerprint density at radius 3 is 1.68 bits per heavy atom. The van der Waals surface area contributed by atoms with Crippen LogP contribution in [0.3, 0.4) is 0 Å². The minimum absolute atomic E-state index is 0.229. The molecule has 6 N–H and O–H groups in total. The van der Waals surface area contributed by atoms with E-state index in [-0.39, 0.29) is 5.41 Å². The molecule has 0 aliphatic carbocycles. The lowest BCUT2D eigenvalue weighted by Crippen LogP contribution is -2.49. The van der Waals surface area contributed by atoms with E-state index in [1.54, 1.807) is 0 Å². The lowest BCUT2D eigenvalue weighted by molar-refractivity contribution is 0.208. The smallest absolute Gasteiger partial charge is 0.0505 e. The minimum atomic E-state index is 0.229. The summed E-state index contributed by atoms with van der Waals surface area (Å²) in [6.07, 6.45) is 0. The lowest BCUT2D eigenvalue weighted by atomic mass is 9.89. The first kappa shape index (κ1) is 21.0. The fourth-order valence-electron chi connectivity index (χ4n) is 3.48. The van der Waals surface area contributed by atoms with Crippen molar-refractivity contribution in [1.29, 1.82) is 0 Å². The Hall–Kier alpha value is -0.280. The molecule has 7 nitrogen and oxygen atoms in total. The maximum Gasteiger partial charge on any atom is 0.0505 e. The topological polar surface area (TPSA) is 75.4 Å². The van der Waals surface area contributed by atoms with Crippen LogP contribution in [0.2, 0.25) is 0 Å². The minimum Gasteiger partial charge on any atom is -0.316 e. The second kappa shape index (κ2) is 11.4. The van der Waals surface area contributed by atoms with Crippen LogP contribution in [0, 0.1) is 17.3 Å². The summed E-state index contributed by atoms with van der Waals surface area (Å²) < 4.78 is 0. The third-order valence-corrected chi connectivity index (χ3v) is 5.11. The molecule has 0 amide bonds. The quantitative estimate of drug-likeness (QED) is 0.333. The molecule has 7 heteroatoms. The number of hydrogen-bond acceptors (Lipinski definition) is 7. The Bertz CT molecular complexity index is 330. The van der Waals surface area contributed by atoms with Gasteiger partial charge in [-0.25, -0.2) is 0 Å². The molecule has 0 aromatic carbocycles. The third kappa shape index (κ3) is 8.77. The summed E-state index contributed by atoms with van der Waals surface area (Å²) in [7, 11) is 0. The molecular formula is C18H41N7. The zero-order valence-electron chi connectivity index (χ0n) is 16.6. The Labute approximate surface area is 154 Å². The molecule has 0 aromatic heterocycles. The summed E-state index contributed by atoms with van der Waals surface area (Å²) in [5, 5.41) is 21.9. The predicted octanol–water partition coefficient (Wildman–Crippen LogP) is -0.996. The molecule has 2 unspecified atom stereocenters. The van der Waals surface area contributed by atoms with Gasteiger partial charge in [0, 0.05) is 51.2 Å². The van der Waals surface area contributed by atoms with Gasteiger partial charge < -0.3 is 31.9 Å². The van der Waals surface area contributed by atoms with Gasteiger partial charge in [0.2, 0.25) is 0 Å². The molecule has 148 valence electrons. The van der Waals surface area contributed by atoms with Gasteiger partial charge in [0.15, 0.2) is 0 Å². The summed E-state index contributed by atoms with van der Waals surface area (Å²) in [4.78, 5) is 2.41. The largest absolute Gasteiger partial charge is 0.316 e. The van der Waals surface area contributed by atoms with E-state index in [1.165, 1.54) is 0 Å². The van der Waals surface area contributed by atoms with E-state index in [9.17, 15) is 0 Å². The summed E-state index contributed by atoms with van der Waals surface area (Å²) in [6.45, 7) is 19.1. The number of nitrogens with zero attached hydrogens (tertiary/aromatic N) is 1. The SMILES string of the molecule is CC1CNC[N@]2CNCCNC[C@](C)(CNC1)CNCC(C)CNC2. The first-order valence-electron chi connectivity index (χ1n) is 10.0. The summed E-state index contributed by atoms with van der Waals surface area (Å²) in [6, 6.07) is 0. The summed E-state index contributed by atoms with van der Waals surface area (Å²) in [5.74, 6) is 1.26. The molecule has 2 atom stereocenters. The van der Waals surface area contributed by atoms with Gasteiger partial charge >= 0.3 is 0 Å². The van der Waals surface area contributed by atoms with Gasteiger partial charge in [0.1, 0.15) is 0 Å². The van der Waals surface area contributed by atoms with E-state index < -0.39 is 0 Å². The molecule has 2 bridgehead atoms. The van der Waals surface area contributed by atoms with Crippen LogP contribution in [0.4, 0.5) is 0 Å². The van der Waals surface area contributed by atoms with Gasteiger partial charge in [-0.05, 0) is 24.9 Å². The maximum absolute atomic E-state index is 3.71. The molecule has 0 spiro atoms. The van der Waals surface area contributed by atoms with E-state index in [0.29, 0.717) is 11.8 Å². The van der Waals surface area contributed by atoms with Gasteiger partial charge in [-0.15, -0.1) is 0 Å². The van der Waals surface area contributed by atoms with Gasteiger partial charge in [0.05, 0.1) is 20.0 Å². The van der Waals surface area contributed by atoms with Crippen molar-refractivity contribution in [1.82, 2.24) is 36.8 Å². The Kier molecular flexibility index (Phi) is 9.62. The molecular weight excluding hydrogens is 314 g/mol. The van der Waals surface area contributed by atoms with Crippen molar-refractivity contribution in [2.75, 3.05) is 78.9 Å². The van der Waals surface area contributed by atoms with E-state index >= 15 is 0 Å². The first-order valence-corrected chi connectivity index (χ1v) is 10.0. The van der Waals surface area contributed by atoms with Crippen molar-refractivity contribution >= 4 is 0 Å². The summed E-state index contributed by atoms with van der Waals surface area (Å²) in [5.41, 5.74) is 0.229. The zero-order valence-corrected chi connectivity index (χ0v) is 16.6. The highest BCUT2D eigenvalue weighted by Crippen LogP contribution is 2.13. The molecule has 25 heavy (non-hydrogen) atoms. The van der Waals surface area contributed by atoms with Gasteiger partial charge in [0.25, 0.3) is 0 Å². The highest BCUT2D eigenvalue weighted by molar-refractivity contribution is 4.83. The monoisotopic (exact) mass is 355 g/mol. The standard InChI is InChI=1S/C18H41N7/c1-16-6-21-11-18(3)10-19-4-5-20-13-25(14-23-8-16)15-24-9-17(2)7-22-12-18/h16-17,19-24H,4-15H2,1-3H3. The number of rotatable bonds is 0. The highest BCUT2D eigenvalue weighted by atomic mass is 15.3. The van der Waals surface area contributed by atoms with Crippen molar-refractivity contribution < 1.29 is 0 Å². The molecule has 0 saturated carbocycles. The van der Waals surface area contributed by atoms with Crippen molar-refractivity contribution in [2.45, 2.75) is 20.8 Å². The molecule has 0 radical (unpaired) electrons. The molecule has 0 aromatic rings. The van der Waals surface area contributed by atoms with Crippen molar-refractivity contribution in [3.8, 4) is 0 Å². The van der Waals surface area contributed by atoms with E-state index in [0.717, 1.165) is 78.9 Å². The maximum atomic E-state index is 3.71. The fraction of sp³-hybridized carbons (Fsp3) is 1.00. The van der Waals surface area contributed by atoms with Gasteiger partial charge in [-0.1, -0.05) is 20.8 Å². The average molecular weight is 356 g/mol. The Morgan fingerprint density at radius 1 is 0.640 bits per heavy atom. The van der Waals surface area contributed by atoms with Gasteiger partial charge in [-0.3, -0.25) is 4.90 Å². The molecule has 2 aliphatic heterocycles. The molecule has 2 heterocycles. The Balaban J connectivity index is 2.04. The van der Waals surface area contributed by atoms with Crippen LogP contribution in [-0.4, -0.2) is 83.8 Å². The third-order valence-electron chi connectivity index (χ3n) is 5.11. The van der Waals surface area contributed by atoms with Gasteiger partial charge in [-0.2, -0.15) is 0 Å². The van der Waals surface area contributed by atoms with Crippen LogP contribution >= 0.6 is 0 Å². The van der Waals surface area contributed by atoms with Crippen molar-refractivity contribution in [3.63, 3.8) is 0 Å². The number of hydrogen-bond donors (Lipinski definition) is 6. The Morgan fingerprint density at radius 2 is 1.08 bits per heavy atom. The first-order chi connectivity index (χ1) is 12.1. The van der Waals surface area contributed by atoms with Crippen LogP contribution in [0.1, 0.15) is 20.8 Å². The van der Waals surface area contributed by atoms with Crippen molar-refractivity contribution in [3.05, 3.63) is 0 Å². The molecule has 2 aliphatic rings. The highest BCUT2D eigenvalue weighted by Gasteiger charge is 2.24. The zero-order chi connectivity index (χ0) is 18.0. The van der Waals surface area contributed by atoms with Crippen molar-refractivity contribution in [2.24, 2.45) is 17.3 Å².